The van der Waals surface area contributed by atoms with Gasteiger partial charge in [0.05, 0.1) is 6.04 Å². The lowest BCUT2D eigenvalue weighted by Crippen LogP contribution is -2.53. The highest BCUT2D eigenvalue weighted by Gasteiger charge is 2.32. The van der Waals surface area contributed by atoms with Crippen molar-refractivity contribution in [2.45, 2.75) is 58.0 Å². The normalized spacial score (nSPS) is 20.4. The Morgan fingerprint density at radius 2 is 1.78 bits per heavy atom. The molecule has 0 saturated heterocycles. The van der Waals surface area contributed by atoms with Gasteiger partial charge in [-0.05, 0) is 24.7 Å². The summed E-state index contributed by atoms with van der Waals surface area (Å²) < 4.78 is 0. The van der Waals surface area contributed by atoms with E-state index in [0.717, 1.165) is 32.1 Å². The van der Waals surface area contributed by atoms with E-state index in [-0.39, 0.29) is 17.7 Å². The van der Waals surface area contributed by atoms with Gasteiger partial charge in [0, 0.05) is 0 Å². The number of carbonyl (C=O) groups is 2. The molecule has 0 aromatic rings. The Bertz CT molecular complexity index is 299. The van der Waals surface area contributed by atoms with E-state index in [4.69, 9.17) is 5.73 Å². The molecule has 0 aromatic carbocycles. The summed E-state index contributed by atoms with van der Waals surface area (Å²) in [4.78, 5) is 23.1. The van der Waals surface area contributed by atoms with Crippen LogP contribution in [-0.4, -0.2) is 29.1 Å². The fraction of sp³-hybridized carbons (Fsp3) is 0.846. The third-order valence-electron chi connectivity index (χ3n) is 3.71. The molecule has 1 aliphatic rings. The van der Waals surface area contributed by atoms with Crippen LogP contribution in [0.25, 0.3) is 0 Å². The van der Waals surface area contributed by atoms with Crippen LogP contribution in [0.15, 0.2) is 0 Å². The molecule has 0 aromatic heterocycles. The van der Waals surface area contributed by atoms with Crippen molar-refractivity contribution in [2.24, 2.45) is 17.6 Å². The van der Waals surface area contributed by atoms with E-state index < -0.39 is 18.1 Å². The van der Waals surface area contributed by atoms with Crippen molar-refractivity contribution in [1.29, 1.82) is 0 Å². The van der Waals surface area contributed by atoms with Gasteiger partial charge in [-0.15, -0.1) is 0 Å². The molecule has 4 N–H and O–H groups in total. The zero-order valence-electron chi connectivity index (χ0n) is 11.2. The summed E-state index contributed by atoms with van der Waals surface area (Å²) in [7, 11) is 0. The van der Waals surface area contributed by atoms with Gasteiger partial charge in [-0.1, -0.05) is 33.1 Å². The predicted octanol–water partition coefficient (Wildman–Crippen LogP) is 1.12. The third-order valence-corrected chi connectivity index (χ3v) is 3.71. The molecule has 5 nitrogen and oxygen atoms in total. The van der Waals surface area contributed by atoms with Gasteiger partial charge in [-0.3, -0.25) is 4.79 Å². The van der Waals surface area contributed by atoms with E-state index in [1.807, 2.05) is 13.8 Å². The first-order valence-electron chi connectivity index (χ1n) is 6.72. The second kappa shape index (κ2) is 6.73. The maximum atomic E-state index is 11.8. The molecular weight excluding hydrogens is 232 g/mol. The minimum atomic E-state index is -0.953. The van der Waals surface area contributed by atoms with Crippen molar-refractivity contribution in [3.8, 4) is 0 Å². The Labute approximate surface area is 108 Å². The standard InChI is InChI=1S/C13H24N2O3/c1-8(2)10(14)12(16)15-11(13(17)18)9-6-4-3-5-7-9/h8-11H,3-7,14H2,1-2H3,(H,15,16)(H,17,18). The molecule has 0 bridgehead atoms. The first-order chi connectivity index (χ1) is 8.43. The van der Waals surface area contributed by atoms with Gasteiger partial charge in [0.25, 0.3) is 0 Å². The summed E-state index contributed by atoms with van der Waals surface area (Å²) in [6.45, 7) is 3.70. The number of carboxylic acids is 1. The van der Waals surface area contributed by atoms with Crippen molar-refractivity contribution in [3.05, 3.63) is 0 Å². The van der Waals surface area contributed by atoms with E-state index in [1.165, 1.54) is 0 Å². The average Bonchev–Trinajstić information content (AvgIpc) is 2.35. The Balaban J connectivity index is 2.62. The summed E-state index contributed by atoms with van der Waals surface area (Å²) in [5.41, 5.74) is 5.73. The van der Waals surface area contributed by atoms with Gasteiger partial charge in [-0.25, -0.2) is 4.79 Å². The van der Waals surface area contributed by atoms with Crippen LogP contribution in [0.5, 0.6) is 0 Å². The molecular formula is C13H24N2O3. The minimum Gasteiger partial charge on any atom is -0.480 e. The number of nitrogens with one attached hydrogen (secondary N) is 1. The fourth-order valence-electron chi connectivity index (χ4n) is 2.40. The molecule has 0 spiro atoms. The number of aliphatic carboxylic acids is 1. The number of carbonyl (C=O) groups excluding carboxylic acids is 1. The highest BCUT2D eigenvalue weighted by Crippen LogP contribution is 2.26. The zero-order chi connectivity index (χ0) is 13.7. The highest BCUT2D eigenvalue weighted by molar-refractivity contribution is 5.87. The van der Waals surface area contributed by atoms with E-state index in [0.29, 0.717) is 0 Å². The van der Waals surface area contributed by atoms with E-state index in [1.54, 1.807) is 0 Å². The second-order valence-electron chi connectivity index (χ2n) is 5.49. The summed E-state index contributed by atoms with van der Waals surface area (Å²) >= 11 is 0. The lowest BCUT2D eigenvalue weighted by molar-refractivity contribution is -0.144. The number of amides is 1. The van der Waals surface area contributed by atoms with Gasteiger partial charge >= 0.3 is 5.97 Å². The van der Waals surface area contributed by atoms with Crippen molar-refractivity contribution < 1.29 is 14.7 Å². The van der Waals surface area contributed by atoms with Crippen LogP contribution in [0.2, 0.25) is 0 Å². The molecule has 1 rings (SSSR count). The van der Waals surface area contributed by atoms with Crippen molar-refractivity contribution in [3.63, 3.8) is 0 Å². The summed E-state index contributed by atoms with van der Waals surface area (Å²) in [5.74, 6) is -1.26. The number of hydrogen-bond donors (Lipinski definition) is 3. The molecule has 1 aliphatic carbocycles. The molecule has 2 unspecified atom stereocenters. The van der Waals surface area contributed by atoms with Crippen LogP contribution in [0.3, 0.4) is 0 Å². The molecule has 2 atom stereocenters. The van der Waals surface area contributed by atoms with Crippen LogP contribution < -0.4 is 11.1 Å². The molecule has 0 radical (unpaired) electrons. The Kier molecular flexibility index (Phi) is 5.59. The molecule has 1 fully saturated rings. The van der Waals surface area contributed by atoms with Gasteiger partial charge in [-0.2, -0.15) is 0 Å². The average molecular weight is 256 g/mol. The van der Waals surface area contributed by atoms with Crippen molar-refractivity contribution in [1.82, 2.24) is 5.32 Å². The highest BCUT2D eigenvalue weighted by atomic mass is 16.4. The van der Waals surface area contributed by atoms with Gasteiger partial charge in [0.1, 0.15) is 6.04 Å². The number of rotatable bonds is 5. The third kappa shape index (κ3) is 3.98. The Morgan fingerprint density at radius 1 is 1.22 bits per heavy atom. The molecule has 0 aliphatic heterocycles. The SMILES string of the molecule is CC(C)C(N)C(=O)NC(C(=O)O)C1CCCCC1. The summed E-state index contributed by atoms with van der Waals surface area (Å²) in [6, 6.07) is -1.43. The van der Waals surface area contributed by atoms with Gasteiger partial charge < -0.3 is 16.2 Å². The van der Waals surface area contributed by atoms with Crippen molar-refractivity contribution in [2.75, 3.05) is 0 Å². The molecule has 0 heterocycles. The van der Waals surface area contributed by atoms with Crippen LogP contribution in [0.4, 0.5) is 0 Å². The molecule has 1 amide bonds. The lowest BCUT2D eigenvalue weighted by atomic mass is 9.83. The summed E-state index contributed by atoms with van der Waals surface area (Å²) in [5, 5.41) is 11.8. The van der Waals surface area contributed by atoms with Gasteiger partial charge in [0.15, 0.2) is 0 Å². The Morgan fingerprint density at radius 3 is 2.22 bits per heavy atom. The summed E-state index contributed by atoms with van der Waals surface area (Å²) in [6.07, 6.45) is 4.98. The minimum absolute atomic E-state index is 0.00537. The monoisotopic (exact) mass is 256 g/mol. The van der Waals surface area contributed by atoms with Crippen molar-refractivity contribution >= 4 is 11.9 Å². The molecule has 18 heavy (non-hydrogen) atoms. The number of hydrogen-bond acceptors (Lipinski definition) is 3. The first-order valence-corrected chi connectivity index (χ1v) is 6.72. The Hall–Kier alpha value is -1.10. The molecule has 1 saturated carbocycles. The lowest BCUT2D eigenvalue weighted by Gasteiger charge is -2.29. The maximum Gasteiger partial charge on any atom is 0.326 e. The van der Waals surface area contributed by atoms with Crippen LogP contribution in [-0.2, 0) is 9.59 Å². The van der Waals surface area contributed by atoms with E-state index in [2.05, 4.69) is 5.32 Å². The van der Waals surface area contributed by atoms with E-state index >= 15 is 0 Å². The van der Waals surface area contributed by atoms with Crippen LogP contribution >= 0.6 is 0 Å². The van der Waals surface area contributed by atoms with E-state index in [9.17, 15) is 14.7 Å². The molecule has 5 heteroatoms. The zero-order valence-corrected chi connectivity index (χ0v) is 11.2. The predicted molar refractivity (Wildman–Crippen MR) is 69.0 cm³/mol. The van der Waals surface area contributed by atoms with Crippen LogP contribution in [0, 0.1) is 11.8 Å². The smallest absolute Gasteiger partial charge is 0.326 e. The maximum absolute atomic E-state index is 11.8. The van der Waals surface area contributed by atoms with Gasteiger partial charge in [0.2, 0.25) is 5.91 Å². The second-order valence-corrected chi connectivity index (χ2v) is 5.49. The number of nitrogens with two attached hydrogens (primary N) is 1. The quantitative estimate of drug-likeness (QED) is 0.687. The topological polar surface area (TPSA) is 92.4 Å². The van der Waals surface area contributed by atoms with Crippen LogP contribution in [0.1, 0.15) is 46.0 Å². The molecule has 104 valence electrons. The number of carboxylic acid groups (broad SMARTS) is 1. The first kappa shape index (κ1) is 15.0. The largest absolute Gasteiger partial charge is 0.480 e. The fourth-order valence-corrected chi connectivity index (χ4v) is 2.40.